The third-order valence-corrected chi connectivity index (χ3v) is 3.63. The van der Waals surface area contributed by atoms with Crippen LogP contribution in [-0.4, -0.2) is 27.9 Å². The maximum atomic E-state index is 4.42. The zero-order valence-electron chi connectivity index (χ0n) is 12.1. The van der Waals surface area contributed by atoms with E-state index in [-0.39, 0.29) is 0 Å². The average Bonchev–Trinajstić information content (AvgIpc) is 2.81. The highest BCUT2D eigenvalue weighted by Crippen LogP contribution is 2.29. The van der Waals surface area contributed by atoms with E-state index in [4.69, 9.17) is 0 Å². The lowest BCUT2D eigenvalue weighted by Gasteiger charge is -2.24. The highest BCUT2D eigenvalue weighted by atomic mass is 15.4. The predicted octanol–water partition coefficient (Wildman–Crippen LogP) is 2.68. The first kappa shape index (κ1) is 13.0. The van der Waals surface area contributed by atoms with Crippen LogP contribution in [0.2, 0.25) is 0 Å². The van der Waals surface area contributed by atoms with Crippen LogP contribution in [0.15, 0.2) is 30.6 Å². The summed E-state index contributed by atoms with van der Waals surface area (Å²) in [6.07, 6.45) is 2.78. The van der Waals surface area contributed by atoms with Gasteiger partial charge in [0, 0.05) is 19.1 Å². The van der Waals surface area contributed by atoms with Gasteiger partial charge in [-0.25, -0.2) is 9.67 Å². The molecule has 2 aromatic rings. The van der Waals surface area contributed by atoms with Gasteiger partial charge < -0.3 is 10.2 Å². The van der Waals surface area contributed by atoms with E-state index in [0.717, 1.165) is 31.9 Å². The Labute approximate surface area is 119 Å². The summed E-state index contributed by atoms with van der Waals surface area (Å²) < 4.78 is 2.00. The molecule has 5 nitrogen and oxygen atoms in total. The number of benzene rings is 1. The van der Waals surface area contributed by atoms with Crippen LogP contribution < -0.4 is 10.2 Å². The molecule has 5 heteroatoms. The number of hydrogen-bond acceptors (Lipinski definition) is 4. The van der Waals surface area contributed by atoms with Gasteiger partial charge in [0.15, 0.2) is 0 Å². The number of anilines is 2. The van der Waals surface area contributed by atoms with Crippen LogP contribution in [0.4, 0.5) is 11.4 Å². The van der Waals surface area contributed by atoms with Gasteiger partial charge in [-0.3, -0.25) is 0 Å². The quantitative estimate of drug-likeness (QED) is 0.932. The van der Waals surface area contributed by atoms with Crippen molar-refractivity contribution >= 4 is 11.4 Å². The molecule has 0 saturated carbocycles. The van der Waals surface area contributed by atoms with Gasteiger partial charge in [0.1, 0.15) is 12.2 Å². The first-order chi connectivity index (χ1) is 9.75. The number of rotatable bonds is 3. The number of nitrogens with zero attached hydrogens (tertiary/aromatic N) is 4. The van der Waals surface area contributed by atoms with Gasteiger partial charge >= 0.3 is 0 Å². The standard InChI is InChI=1S/C15H21N5/c1-12(2)20-15(17-11-18-20)10-19-9-5-8-16-13-6-3-4-7-14(13)19/h3-4,6-7,11-12,16H,5,8-10H2,1-2H3. The average molecular weight is 271 g/mol. The molecule has 3 rings (SSSR count). The topological polar surface area (TPSA) is 46.0 Å². The van der Waals surface area contributed by atoms with Crippen LogP contribution in [-0.2, 0) is 6.54 Å². The van der Waals surface area contributed by atoms with E-state index >= 15 is 0 Å². The van der Waals surface area contributed by atoms with Crippen LogP contribution in [0.1, 0.15) is 32.1 Å². The second-order valence-electron chi connectivity index (χ2n) is 5.43. The molecule has 106 valence electrons. The summed E-state index contributed by atoms with van der Waals surface area (Å²) in [6.45, 7) is 7.13. The summed E-state index contributed by atoms with van der Waals surface area (Å²) >= 11 is 0. The van der Waals surface area contributed by atoms with Gasteiger partial charge in [-0.1, -0.05) is 12.1 Å². The minimum Gasteiger partial charge on any atom is -0.383 e. The van der Waals surface area contributed by atoms with Crippen molar-refractivity contribution in [1.29, 1.82) is 0 Å². The summed E-state index contributed by atoms with van der Waals surface area (Å²) in [7, 11) is 0. The molecule has 20 heavy (non-hydrogen) atoms. The van der Waals surface area contributed by atoms with E-state index in [1.165, 1.54) is 11.4 Å². The molecule has 0 saturated heterocycles. The molecule has 0 bridgehead atoms. The van der Waals surface area contributed by atoms with Crippen molar-refractivity contribution < 1.29 is 0 Å². The summed E-state index contributed by atoms with van der Waals surface area (Å²) in [5, 5.41) is 7.81. The minimum atomic E-state index is 0.341. The Morgan fingerprint density at radius 2 is 2.15 bits per heavy atom. The lowest BCUT2D eigenvalue weighted by atomic mass is 10.2. The highest BCUT2D eigenvalue weighted by molar-refractivity contribution is 5.70. The van der Waals surface area contributed by atoms with Crippen LogP contribution >= 0.6 is 0 Å². The smallest absolute Gasteiger partial charge is 0.146 e. The minimum absolute atomic E-state index is 0.341. The van der Waals surface area contributed by atoms with Crippen molar-refractivity contribution in [3.05, 3.63) is 36.4 Å². The number of fused-ring (bicyclic) bond motifs is 1. The van der Waals surface area contributed by atoms with E-state index in [2.05, 4.69) is 58.4 Å². The van der Waals surface area contributed by atoms with Crippen molar-refractivity contribution in [2.45, 2.75) is 32.9 Å². The lowest BCUT2D eigenvalue weighted by molar-refractivity contribution is 0.501. The van der Waals surface area contributed by atoms with E-state index in [9.17, 15) is 0 Å². The SMILES string of the molecule is CC(C)n1ncnc1CN1CCCNc2ccccc21. The molecule has 0 radical (unpaired) electrons. The van der Waals surface area contributed by atoms with Gasteiger partial charge in [0.05, 0.1) is 17.9 Å². The fourth-order valence-electron chi connectivity index (χ4n) is 2.67. The van der Waals surface area contributed by atoms with Crippen LogP contribution in [0.25, 0.3) is 0 Å². The molecule has 0 atom stereocenters. The van der Waals surface area contributed by atoms with Crippen LogP contribution in [0, 0.1) is 0 Å². The molecular weight excluding hydrogens is 250 g/mol. The number of hydrogen-bond donors (Lipinski definition) is 1. The van der Waals surface area contributed by atoms with Gasteiger partial charge in [-0.2, -0.15) is 5.10 Å². The Balaban J connectivity index is 1.88. The lowest BCUT2D eigenvalue weighted by Crippen LogP contribution is -2.26. The first-order valence-electron chi connectivity index (χ1n) is 7.22. The molecular formula is C15H21N5. The van der Waals surface area contributed by atoms with E-state index in [0.29, 0.717) is 6.04 Å². The Kier molecular flexibility index (Phi) is 3.58. The predicted molar refractivity (Wildman–Crippen MR) is 81.0 cm³/mol. The Morgan fingerprint density at radius 1 is 1.30 bits per heavy atom. The first-order valence-corrected chi connectivity index (χ1v) is 7.22. The highest BCUT2D eigenvalue weighted by Gasteiger charge is 2.17. The molecule has 0 amide bonds. The summed E-state index contributed by atoms with van der Waals surface area (Å²) in [5.41, 5.74) is 2.46. The number of aromatic nitrogens is 3. The van der Waals surface area contributed by atoms with Crippen molar-refractivity contribution in [1.82, 2.24) is 14.8 Å². The maximum absolute atomic E-state index is 4.42. The molecule has 0 unspecified atom stereocenters. The summed E-state index contributed by atoms with van der Waals surface area (Å²) in [5.74, 6) is 1.02. The third-order valence-electron chi connectivity index (χ3n) is 3.63. The molecule has 0 aliphatic carbocycles. The molecule has 1 aliphatic rings. The van der Waals surface area contributed by atoms with Crippen molar-refractivity contribution in [2.75, 3.05) is 23.3 Å². The molecule has 0 spiro atoms. The molecule has 1 aliphatic heterocycles. The molecule has 0 fully saturated rings. The van der Waals surface area contributed by atoms with Gasteiger partial charge in [-0.15, -0.1) is 0 Å². The second kappa shape index (κ2) is 5.53. The van der Waals surface area contributed by atoms with Gasteiger partial charge in [0.25, 0.3) is 0 Å². The molecule has 2 heterocycles. The Hall–Kier alpha value is -2.04. The van der Waals surface area contributed by atoms with Crippen molar-refractivity contribution in [3.63, 3.8) is 0 Å². The normalized spacial score (nSPS) is 14.8. The summed E-state index contributed by atoms with van der Waals surface area (Å²) in [4.78, 5) is 6.81. The molecule has 1 aromatic heterocycles. The van der Waals surface area contributed by atoms with E-state index in [1.54, 1.807) is 6.33 Å². The summed E-state index contributed by atoms with van der Waals surface area (Å²) in [6, 6.07) is 8.82. The maximum Gasteiger partial charge on any atom is 0.146 e. The zero-order valence-corrected chi connectivity index (χ0v) is 12.1. The number of para-hydroxylation sites is 2. The zero-order chi connectivity index (χ0) is 13.9. The fraction of sp³-hybridized carbons (Fsp3) is 0.467. The van der Waals surface area contributed by atoms with E-state index < -0.39 is 0 Å². The van der Waals surface area contributed by atoms with Crippen LogP contribution in [0.5, 0.6) is 0 Å². The van der Waals surface area contributed by atoms with E-state index in [1.807, 2.05) is 4.68 Å². The molecule has 1 aromatic carbocycles. The van der Waals surface area contributed by atoms with Crippen molar-refractivity contribution in [3.8, 4) is 0 Å². The second-order valence-corrected chi connectivity index (χ2v) is 5.43. The van der Waals surface area contributed by atoms with Crippen LogP contribution in [0.3, 0.4) is 0 Å². The van der Waals surface area contributed by atoms with Gasteiger partial charge in [-0.05, 0) is 32.4 Å². The monoisotopic (exact) mass is 271 g/mol. The number of nitrogens with one attached hydrogen (secondary N) is 1. The Morgan fingerprint density at radius 3 is 3.00 bits per heavy atom. The molecule has 1 N–H and O–H groups in total. The third kappa shape index (κ3) is 2.48. The van der Waals surface area contributed by atoms with Gasteiger partial charge in [0.2, 0.25) is 0 Å². The Bertz CT molecular complexity index is 575. The largest absolute Gasteiger partial charge is 0.383 e. The van der Waals surface area contributed by atoms with Crippen molar-refractivity contribution in [2.24, 2.45) is 0 Å². The fourth-order valence-corrected chi connectivity index (χ4v) is 2.67.